The van der Waals surface area contributed by atoms with Crippen molar-refractivity contribution in [3.8, 4) is 11.5 Å². The minimum absolute atomic E-state index is 0.313. The zero-order chi connectivity index (χ0) is 20.8. The Morgan fingerprint density at radius 2 is 1.72 bits per heavy atom. The molecule has 0 aliphatic carbocycles. The largest absolute Gasteiger partial charge is 0.490 e. The second-order valence-corrected chi connectivity index (χ2v) is 7.11. The van der Waals surface area contributed by atoms with Gasteiger partial charge in [0, 0.05) is 0 Å². The van der Waals surface area contributed by atoms with Crippen LogP contribution in [0.1, 0.15) is 50.3 Å². The number of carbonyl (C=O) groups is 1. The highest BCUT2D eigenvalue weighted by Gasteiger charge is 2.35. The molecular formula is C23H28FNO4. The van der Waals surface area contributed by atoms with Gasteiger partial charge in [-0.05, 0) is 68.6 Å². The van der Waals surface area contributed by atoms with Gasteiger partial charge in [0.15, 0.2) is 11.5 Å². The monoisotopic (exact) mass is 401 g/mol. The summed E-state index contributed by atoms with van der Waals surface area (Å²) in [5.74, 6) is 0.141. The van der Waals surface area contributed by atoms with Crippen LogP contribution in [0.2, 0.25) is 0 Å². The van der Waals surface area contributed by atoms with Gasteiger partial charge in [0.25, 0.3) is 0 Å². The van der Waals surface area contributed by atoms with Gasteiger partial charge < -0.3 is 14.6 Å². The van der Waals surface area contributed by atoms with Crippen molar-refractivity contribution in [3.63, 3.8) is 0 Å². The molecule has 5 nitrogen and oxygen atoms in total. The maximum atomic E-state index is 13.6. The van der Waals surface area contributed by atoms with Crippen molar-refractivity contribution in [1.82, 2.24) is 4.90 Å². The highest BCUT2D eigenvalue weighted by atomic mass is 19.1. The molecule has 1 fully saturated rings. The number of nitrogens with zero attached hydrogens (tertiary/aromatic N) is 1. The maximum Gasteiger partial charge on any atom is 0.320 e. The number of piperidine rings is 1. The summed E-state index contributed by atoms with van der Waals surface area (Å²) in [5.41, 5.74) is 1.75. The van der Waals surface area contributed by atoms with Gasteiger partial charge in [-0.2, -0.15) is 0 Å². The number of benzene rings is 2. The van der Waals surface area contributed by atoms with Gasteiger partial charge in [-0.3, -0.25) is 9.69 Å². The predicted octanol–water partition coefficient (Wildman–Crippen LogP) is 4.65. The summed E-state index contributed by atoms with van der Waals surface area (Å²) in [5, 5.41) is 9.80. The normalized spacial score (nSPS) is 18.2. The predicted molar refractivity (Wildman–Crippen MR) is 109 cm³/mol. The molecule has 2 atom stereocenters. The smallest absolute Gasteiger partial charge is 0.320 e. The van der Waals surface area contributed by atoms with Crippen LogP contribution in [0.25, 0.3) is 0 Å². The molecule has 6 heteroatoms. The summed E-state index contributed by atoms with van der Waals surface area (Å²) >= 11 is 0. The van der Waals surface area contributed by atoms with Crippen molar-refractivity contribution in [2.24, 2.45) is 0 Å². The molecule has 0 spiro atoms. The number of likely N-dealkylation sites (tertiary alicyclic amines) is 1. The van der Waals surface area contributed by atoms with E-state index in [4.69, 9.17) is 9.47 Å². The first-order valence-corrected chi connectivity index (χ1v) is 10.2. The average Bonchev–Trinajstić information content (AvgIpc) is 2.72. The van der Waals surface area contributed by atoms with Gasteiger partial charge in [-0.15, -0.1) is 0 Å². The number of halogens is 1. The molecule has 0 amide bonds. The third kappa shape index (κ3) is 4.88. The van der Waals surface area contributed by atoms with Crippen LogP contribution < -0.4 is 9.47 Å². The third-order valence-electron chi connectivity index (χ3n) is 5.23. The van der Waals surface area contributed by atoms with Crippen molar-refractivity contribution < 1.29 is 23.8 Å². The summed E-state index contributed by atoms with van der Waals surface area (Å²) in [4.78, 5) is 14.0. The fraction of sp³-hybridized carbons (Fsp3) is 0.435. The first-order chi connectivity index (χ1) is 14.0. The van der Waals surface area contributed by atoms with Gasteiger partial charge in [0.1, 0.15) is 11.9 Å². The van der Waals surface area contributed by atoms with E-state index in [1.165, 1.54) is 12.1 Å². The molecule has 29 heavy (non-hydrogen) atoms. The lowest BCUT2D eigenvalue weighted by atomic mass is 9.91. The lowest BCUT2D eigenvalue weighted by Crippen LogP contribution is -2.46. The molecule has 0 saturated carbocycles. The molecular weight excluding hydrogens is 373 g/mol. The number of rotatable bonds is 8. The number of hydrogen-bond donors (Lipinski definition) is 1. The summed E-state index contributed by atoms with van der Waals surface area (Å²) < 4.78 is 25.0. The Morgan fingerprint density at radius 1 is 1.07 bits per heavy atom. The van der Waals surface area contributed by atoms with E-state index in [2.05, 4.69) is 0 Å². The molecule has 2 aromatic rings. The molecule has 2 unspecified atom stereocenters. The Bertz CT molecular complexity index is 824. The van der Waals surface area contributed by atoms with Gasteiger partial charge in [-0.25, -0.2) is 4.39 Å². The third-order valence-corrected chi connectivity index (χ3v) is 5.23. The zero-order valence-electron chi connectivity index (χ0n) is 16.9. The lowest BCUT2D eigenvalue weighted by Gasteiger charge is -2.39. The first-order valence-electron chi connectivity index (χ1n) is 10.2. The van der Waals surface area contributed by atoms with E-state index in [9.17, 15) is 14.3 Å². The van der Waals surface area contributed by atoms with E-state index in [-0.39, 0.29) is 11.9 Å². The quantitative estimate of drug-likeness (QED) is 0.698. The van der Waals surface area contributed by atoms with Crippen LogP contribution in [0.3, 0.4) is 0 Å². The zero-order valence-corrected chi connectivity index (χ0v) is 16.9. The average molecular weight is 401 g/mol. The number of hydrogen-bond acceptors (Lipinski definition) is 4. The minimum Gasteiger partial charge on any atom is -0.490 e. The van der Waals surface area contributed by atoms with Crippen molar-refractivity contribution in [2.45, 2.75) is 45.2 Å². The van der Waals surface area contributed by atoms with Crippen LogP contribution in [0.4, 0.5) is 4.39 Å². The Morgan fingerprint density at radius 3 is 2.38 bits per heavy atom. The van der Waals surface area contributed by atoms with Crippen molar-refractivity contribution in [1.29, 1.82) is 0 Å². The Hall–Kier alpha value is -2.60. The molecule has 2 aromatic carbocycles. The molecule has 1 saturated heterocycles. The van der Waals surface area contributed by atoms with Crippen LogP contribution in [0, 0.1) is 5.82 Å². The number of carboxylic acid groups (broad SMARTS) is 1. The lowest BCUT2D eigenvalue weighted by molar-refractivity contribution is -0.145. The summed E-state index contributed by atoms with van der Waals surface area (Å²) in [7, 11) is 0. The maximum absolute atomic E-state index is 13.6. The van der Waals surface area contributed by atoms with E-state index in [1.807, 2.05) is 36.9 Å². The van der Waals surface area contributed by atoms with Crippen LogP contribution in [0.15, 0.2) is 42.5 Å². The van der Waals surface area contributed by atoms with E-state index in [0.717, 1.165) is 24.0 Å². The standard InChI is InChI=1S/C23H28FNO4/c1-3-28-20-13-10-17(15-21(20)29-4-2)22(16-8-11-18(24)12-9-16)25-14-6-5-7-19(25)23(26)27/h8-13,15,19,22H,3-7,14H2,1-2H3,(H,26,27). The SMILES string of the molecule is CCOc1ccc(C(c2ccc(F)cc2)N2CCCCC2C(=O)O)cc1OCC. The second-order valence-electron chi connectivity index (χ2n) is 7.11. The van der Waals surface area contributed by atoms with Crippen LogP contribution in [-0.2, 0) is 4.79 Å². The fourth-order valence-corrected chi connectivity index (χ4v) is 3.99. The van der Waals surface area contributed by atoms with E-state index >= 15 is 0 Å². The molecule has 0 aromatic heterocycles. The molecule has 156 valence electrons. The first kappa shape index (κ1) is 21.1. The molecule has 3 rings (SSSR count). The summed E-state index contributed by atoms with van der Waals surface area (Å²) in [6.45, 7) is 5.50. The molecule has 1 N–H and O–H groups in total. The van der Waals surface area contributed by atoms with Crippen molar-refractivity contribution in [3.05, 3.63) is 59.4 Å². The topological polar surface area (TPSA) is 59.0 Å². The van der Waals surface area contributed by atoms with Crippen LogP contribution >= 0.6 is 0 Å². The van der Waals surface area contributed by atoms with Crippen molar-refractivity contribution >= 4 is 5.97 Å². The van der Waals surface area contributed by atoms with Gasteiger partial charge in [0.2, 0.25) is 0 Å². The Labute approximate surface area is 171 Å². The number of ether oxygens (including phenoxy) is 2. The van der Waals surface area contributed by atoms with E-state index in [0.29, 0.717) is 37.7 Å². The summed E-state index contributed by atoms with van der Waals surface area (Å²) in [6, 6.07) is 11.1. The molecule has 0 bridgehead atoms. The highest BCUT2D eigenvalue weighted by molar-refractivity contribution is 5.73. The molecule has 1 aliphatic rings. The Balaban J connectivity index is 2.08. The number of carboxylic acids is 1. The van der Waals surface area contributed by atoms with Gasteiger partial charge in [-0.1, -0.05) is 24.6 Å². The fourth-order valence-electron chi connectivity index (χ4n) is 3.99. The Kier molecular flexibility index (Phi) is 7.09. The van der Waals surface area contributed by atoms with Gasteiger partial charge >= 0.3 is 5.97 Å². The van der Waals surface area contributed by atoms with E-state index < -0.39 is 12.0 Å². The highest BCUT2D eigenvalue weighted by Crippen LogP contribution is 2.38. The number of aliphatic carboxylic acids is 1. The van der Waals surface area contributed by atoms with Crippen molar-refractivity contribution in [2.75, 3.05) is 19.8 Å². The van der Waals surface area contributed by atoms with Gasteiger partial charge in [0.05, 0.1) is 19.3 Å². The molecule has 1 aliphatic heterocycles. The van der Waals surface area contributed by atoms with E-state index in [1.54, 1.807) is 12.1 Å². The minimum atomic E-state index is -0.826. The van der Waals surface area contributed by atoms with Crippen LogP contribution in [-0.4, -0.2) is 41.8 Å². The summed E-state index contributed by atoms with van der Waals surface area (Å²) in [6.07, 6.45) is 2.41. The van der Waals surface area contributed by atoms with Crippen LogP contribution in [0.5, 0.6) is 11.5 Å². The molecule has 1 heterocycles. The molecule has 0 radical (unpaired) electrons. The second kappa shape index (κ2) is 9.74.